The zero-order chi connectivity index (χ0) is 20.3. The van der Waals surface area contributed by atoms with Crippen LogP contribution in [0.3, 0.4) is 0 Å². The zero-order valence-electron chi connectivity index (χ0n) is 16.2. The Bertz CT molecular complexity index is 1020. The number of Topliss-reactive ketones (excluding diaryl/α,β-unsaturated/α-hetero) is 1. The fourth-order valence-corrected chi connectivity index (χ4v) is 3.58. The average molecular weight is 399 g/mol. The van der Waals surface area contributed by atoms with Crippen molar-refractivity contribution < 1.29 is 18.8 Å². The SMILES string of the molecule is Cc1cc(CSc2ncccc2C(=O)OCC(=O)c2cc(C)n(C)c2C)no1. The maximum atomic E-state index is 12.5. The fraction of sp³-hybridized carbons (Fsp3) is 0.300. The minimum Gasteiger partial charge on any atom is -0.454 e. The van der Waals surface area contributed by atoms with Crippen molar-refractivity contribution in [3.8, 4) is 0 Å². The molecule has 0 bridgehead atoms. The summed E-state index contributed by atoms with van der Waals surface area (Å²) in [5.41, 5.74) is 3.47. The lowest BCUT2D eigenvalue weighted by atomic mass is 10.1. The molecule has 0 aliphatic carbocycles. The van der Waals surface area contributed by atoms with E-state index in [0.717, 1.165) is 22.8 Å². The third kappa shape index (κ3) is 4.33. The summed E-state index contributed by atoms with van der Waals surface area (Å²) in [6, 6.07) is 6.93. The van der Waals surface area contributed by atoms with Crippen LogP contribution in [0.1, 0.15) is 43.6 Å². The monoisotopic (exact) mass is 399 g/mol. The number of carbonyl (C=O) groups excluding carboxylic acids is 2. The molecule has 28 heavy (non-hydrogen) atoms. The van der Waals surface area contributed by atoms with Gasteiger partial charge in [-0.3, -0.25) is 4.79 Å². The molecule has 0 spiro atoms. The smallest absolute Gasteiger partial charge is 0.341 e. The van der Waals surface area contributed by atoms with E-state index in [1.54, 1.807) is 24.4 Å². The van der Waals surface area contributed by atoms with Crippen LogP contribution in [0.5, 0.6) is 0 Å². The van der Waals surface area contributed by atoms with Gasteiger partial charge in [-0.05, 0) is 39.0 Å². The molecular weight excluding hydrogens is 378 g/mol. The molecule has 0 atom stereocenters. The van der Waals surface area contributed by atoms with E-state index in [0.29, 0.717) is 21.9 Å². The first-order valence-electron chi connectivity index (χ1n) is 8.70. The van der Waals surface area contributed by atoms with Crippen LogP contribution in [0.15, 0.2) is 40.0 Å². The molecule has 0 aliphatic heterocycles. The van der Waals surface area contributed by atoms with Crippen LogP contribution < -0.4 is 0 Å². The lowest BCUT2D eigenvalue weighted by molar-refractivity contribution is 0.0470. The highest BCUT2D eigenvalue weighted by Gasteiger charge is 2.19. The van der Waals surface area contributed by atoms with E-state index >= 15 is 0 Å². The van der Waals surface area contributed by atoms with Gasteiger partial charge in [0.25, 0.3) is 0 Å². The second-order valence-corrected chi connectivity index (χ2v) is 7.38. The molecular formula is C20H21N3O4S. The number of nitrogens with zero attached hydrogens (tertiary/aromatic N) is 3. The molecule has 0 N–H and O–H groups in total. The van der Waals surface area contributed by atoms with Crippen LogP contribution >= 0.6 is 11.8 Å². The van der Waals surface area contributed by atoms with E-state index in [1.807, 2.05) is 38.5 Å². The average Bonchev–Trinajstić information content (AvgIpc) is 3.22. The number of ether oxygens (including phenoxy) is 1. The number of hydrogen-bond donors (Lipinski definition) is 0. The molecule has 3 aromatic rings. The quantitative estimate of drug-likeness (QED) is 0.340. The lowest BCUT2D eigenvalue weighted by Crippen LogP contribution is -2.15. The number of esters is 1. The fourth-order valence-electron chi connectivity index (χ4n) is 2.71. The van der Waals surface area contributed by atoms with Gasteiger partial charge in [0.1, 0.15) is 10.8 Å². The first kappa shape index (κ1) is 19.9. The molecule has 146 valence electrons. The summed E-state index contributed by atoms with van der Waals surface area (Å²) in [6.07, 6.45) is 1.61. The molecule has 0 saturated carbocycles. The van der Waals surface area contributed by atoms with E-state index in [4.69, 9.17) is 9.26 Å². The highest BCUT2D eigenvalue weighted by Crippen LogP contribution is 2.24. The Hall–Kier alpha value is -2.87. The van der Waals surface area contributed by atoms with E-state index < -0.39 is 5.97 Å². The second kappa shape index (κ2) is 8.43. The first-order valence-corrected chi connectivity index (χ1v) is 9.68. The molecule has 3 aromatic heterocycles. The van der Waals surface area contributed by atoms with Crippen molar-refractivity contribution in [3.05, 3.63) is 64.4 Å². The van der Waals surface area contributed by atoms with Crippen molar-refractivity contribution in [2.24, 2.45) is 7.05 Å². The van der Waals surface area contributed by atoms with Crippen LogP contribution in [0.2, 0.25) is 0 Å². The van der Waals surface area contributed by atoms with Gasteiger partial charge in [-0.2, -0.15) is 0 Å². The normalized spacial score (nSPS) is 10.9. The number of aromatic nitrogens is 3. The number of aryl methyl sites for hydroxylation is 2. The van der Waals surface area contributed by atoms with Crippen LogP contribution in [0.4, 0.5) is 0 Å². The Labute approximate surface area is 167 Å². The number of ketones is 1. The van der Waals surface area contributed by atoms with Crippen LogP contribution in [-0.2, 0) is 17.5 Å². The lowest BCUT2D eigenvalue weighted by Gasteiger charge is -2.08. The number of rotatable bonds is 7. The second-order valence-electron chi connectivity index (χ2n) is 6.42. The summed E-state index contributed by atoms with van der Waals surface area (Å²) >= 11 is 1.36. The minimum absolute atomic E-state index is 0.231. The Kier molecular flexibility index (Phi) is 5.99. The van der Waals surface area contributed by atoms with Gasteiger partial charge in [-0.15, -0.1) is 0 Å². The maximum Gasteiger partial charge on any atom is 0.341 e. The van der Waals surface area contributed by atoms with Crippen molar-refractivity contribution in [2.45, 2.75) is 31.6 Å². The largest absolute Gasteiger partial charge is 0.454 e. The predicted molar refractivity (Wildman–Crippen MR) is 105 cm³/mol. The zero-order valence-corrected chi connectivity index (χ0v) is 17.0. The topological polar surface area (TPSA) is 87.2 Å². The molecule has 0 saturated heterocycles. The molecule has 0 aliphatic rings. The van der Waals surface area contributed by atoms with Gasteiger partial charge in [-0.1, -0.05) is 16.9 Å². The van der Waals surface area contributed by atoms with Crippen molar-refractivity contribution >= 4 is 23.5 Å². The van der Waals surface area contributed by atoms with E-state index in [1.165, 1.54) is 11.8 Å². The van der Waals surface area contributed by atoms with Crippen molar-refractivity contribution in [1.82, 2.24) is 14.7 Å². The summed E-state index contributed by atoms with van der Waals surface area (Å²) in [6.45, 7) is 5.29. The molecule has 8 heteroatoms. The Balaban J connectivity index is 1.65. The van der Waals surface area contributed by atoms with Crippen molar-refractivity contribution in [1.29, 1.82) is 0 Å². The number of carbonyl (C=O) groups is 2. The van der Waals surface area contributed by atoms with E-state index in [2.05, 4.69) is 10.1 Å². The summed E-state index contributed by atoms with van der Waals surface area (Å²) in [4.78, 5) is 29.2. The van der Waals surface area contributed by atoms with Gasteiger partial charge >= 0.3 is 5.97 Å². The Morgan fingerprint density at radius 3 is 2.64 bits per heavy atom. The molecule has 3 rings (SSSR count). The van der Waals surface area contributed by atoms with E-state index in [9.17, 15) is 9.59 Å². The maximum absolute atomic E-state index is 12.5. The summed E-state index contributed by atoms with van der Waals surface area (Å²) < 4.78 is 12.2. The highest BCUT2D eigenvalue weighted by atomic mass is 32.2. The summed E-state index contributed by atoms with van der Waals surface area (Å²) in [5.74, 6) is 0.424. The van der Waals surface area contributed by atoms with Crippen molar-refractivity contribution in [3.63, 3.8) is 0 Å². The Morgan fingerprint density at radius 1 is 1.21 bits per heavy atom. The third-order valence-corrected chi connectivity index (χ3v) is 5.47. The minimum atomic E-state index is -0.578. The number of hydrogen-bond acceptors (Lipinski definition) is 7. The summed E-state index contributed by atoms with van der Waals surface area (Å²) in [7, 11) is 1.89. The number of thioether (sulfide) groups is 1. The molecule has 0 amide bonds. The standard InChI is InChI=1S/C20H21N3O4S/c1-12-8-17(14(3)23(12)4)18(24)10-26-20(25)16-6-5-7-21-19(16)28-11-15-9-13(2)27-22-15/h5-9H,10-11H2,1-4H3. The molecule has 7 nitrogen and oxygen atoms in total. The Morgan fingerprint density at radius 2 is 2.00 bits per heavy atom. The predicted octanol–water partition coefficient (Wildman–Crippen LogP) is 3.67. The van der Waals surface area contributed by atoms with Gasteiger partial charge in [0.2, 0.25) is 5.78 Å². The highest BCUT2D eigenvalue weighted by molar-refractivity contribution is 7.98. The van der Waals surface area contributed by atoms with Crippen molar-refractivity contribution in [2.75, 3.05) is 6.61 Å². The van der Waals surface area contributed by atoms with Gasteiger partial charge in [0.05, 0.1) is 11.3 Å². The molecule has 0 radical (unpaired) electrons. The van der Waals surface area contributed by atoms with E-state index in [-0.39, 0.29) is 12.4 Å². The molecule has 0 fully saturated rings. The van der Waals surface area contributed by atoms with Crippen LogP contribution in [0.25, 0.3) is 0 Å². The van der Waals surface area contributed by atoms with Gasteiger partial charge in [0.15, 0.2) is 6.61 Å². The molecule has 3 heterocycles. The third-order valence-electron chi connectivity index (χ3n) is 4.43. The number of pyridine rings is 1. The van der Waals surface area contributed by atoms with Crippen LogP contribution in [0, 0.1) is 20.8 Å². The van der Waals surface area contributed by atoms with Gasteiger partial charge in [-0.25, -0.2) is 9.78 Å². The molecule has 0 unspecified atom stereocenters. The first-order chi connectivity index (χ1) is 13.4. The van der Waals surface area contributed by atoms with Gasteiger partial charge < -0.3 is 13.8 Å². The van der Waals surface area contributed by atoms with Gasteiger partial charge in [0, 0.05) is 42.0 Å². The molecule has 0 aromatic carbocycles. The summed E-state index contributed by atoms with van der Waals surface area (Å²) in [5, 5.41) is 4.45. The van der Waals surface area contributed by atoms with Crippen LogP contribution in [-0.4, -0.2) is 33.1 Å².